The van der Waals surface area contributed by atoms with E-state index in [0.29, 0.717) is 13.0 Å². The minimum atomic E-state index is -0.849. The van der Waals surface area contributed by atoms with Gasteiger partial charge in [0.1, 0.15) is 12.6 Å². The van der Waals surface area contributed by atoms with Crippen molar-refractivity contribution in [1.82, 2.24) is 10.6 Å². The summed E-state index contributed by atoms with van der Waals surface area (Å²) in [6.45, 7) is 2.52. The van der Waals surface area contributed by atoms with Gasteiger partial charge in [0.05, 0.1) is 6.42 Å². The minimum Gasteiger partial charge on any atom is -0.481 e. The van der Waals surface area contributed by atoms with Crippen LogP contribution in [0.4, 0.5) is 4.79 Å². The Hall–Kier alpha value is -3.35. The van der Waals surface area contributed by atoms with Crippen molar-refractivity contribution in [3.05, 3.63) is 59.7 Å². The van der Waals surface area contributed by atoms with Gasteiger partial charge >= 0.3 is 12.1 Å². The molecule has 3 N–H and O–H groups in total. The Morgan fingerprint density at radius 1 is 1.06 bits per heavy atom. The highest BCUT2D eigenvalue weighted by molar-refractivity contribution is 5.86. The molecule has 1 unspecified atom stereocenters. The van der Waals surface area contributed by atoms with Crippen LogP contribution in [0, 0.1) is 5.41 Å². The monoisotopic (exact) mass is 478 g/mol. The van der Waals surface area contributed by atoms with Crippen molar-refractivity contribution in [3.63, 3.8) is 0 Å². The number of alkyl carbamates (subject to hydrolysis) is 1. The first kappa shape index (κ1) is 24.8. The van der Waals surface area contributed by atoms with Crippen molar-refractivity contribution in [3.8, 4) is 11.1 Å². The molecule has 2 aromatic rings. The van der Waals surface area contributed by atoms with E-state index in [0.717, 1.165) is 54.4 Å². The second-order valence-corrected chi connectivity index (χ2v) is 9.81. The van der Waals surface area contributed by atoms with Crippen molar-refractivity contribution < 1.29 is 24.2 Å². The third kappa shape index (κ3) is 5.66. The fourth-order valence-corrected chi connectivity index (χ4v) is 5.27. The second kappa shape index (κ2) is 10.9. The number of aliphatic carboxylic acids is 1. The van der Waals surface area contributed by atoms with Gasteiger partial charge in [0.25, 0.3) is 0 Å². The molecule has 0 radical (unpaired) electrons. The normalized spacial score (nSPS) is 16.4. The van der Waals surface area contributed by atoms with Gasteiger partial charge in [-0.25, -0.2) is 4.79 Å². The third-order valence-corrected chi connectivity index (χ3v) is 7.38. The van der Waals surface area contributed by atoms with Crippen molar-refractivity contribution >= 4 is 18.0 Å². The van der Waals surface area contributed by atoms with E-state index in [4.69, 9.17) is 4.74 Å². The van der Waals surface area contributed by atoms with Crippen LogP contribution in [0.3, 0.4) is 0 Å². The molecule has 186 valence electrons. The average Bonchev–Trinajstić information content (AvgIpc) is 3.15. The molecule has 0 spiro atoms. The molecule has 0 aromatic heterocycles. The van der Waals surface area contributed by atoms with Crippen LogP contribution in [-0.4, -0.2) is 42.3 Å². The van der Waals surface area contributed by atoms with Gasteiger partial charge in [-0.3, -0.25) is 9.59 Å². The quantitative estimate of drug-likeness (QED) is 0.428. The van der Waals surface area contributed by atoms with Gasteiger partial charge in [-0.1, -0.05) is 74.7 Å². The molecule has 7 heteroatoms. The van der Waals surface area contributed by atoms with E-state index in [1.54, 1.807) is 0 Å². The van der Waals surface area contributed by atoms with Gasteiger partial charge in [0.15, 0.2) is 0 Å². The number of carboxylic acid groups (broad SMARTS) is 1. The zero-order valence-electron chi connectivity index (χ0n) is 20.2. The molecule has 0 aliphatic heterocycles. The largest absolute Gasteiger partial charge is 0.481 e. The fourth-order valence-electron chi connectivity index (χ4n) is 5.27. The van der Waals surface area contributed by atoms with E-state index >= 15 is 0 Å². The lowest BCUT2D eigenvalue weighted by molar-refractivity contribution is -0.142. The summed E-state index contributed by atoms with van der Waals surface area (Å²) in [5.74, 6) is -1.19. The highest BCUT2D eigenvalue weighted by Crippen LogP contribution is 2.45. The molecule has 1 saturated carbocycles. The number of benzene rings is 2. The van der Waals surface area contributed by atoms with Gasteiger partial charge in [-0.15, -0.1) is 0 Å². The number of hydrogen-bond acceptors (Lipinski definition) is 4. The maximum absolute atomic E-state index is 12.9. The molecule has 2 amide bonds. The van der Waals surface area contributed by atoms with Crippen molar-refractivity contribution in [2.45, 2.75) is 63.8 Å². The lowest BCUT2D eigenvalue weighted by Crippen LogP contribution is -2.51. The Balaban J connectivity index is 1.36. The molecule has 1 atom stereocenters. The minimum absolute atomic E-state index is 0.0483. The summed E-state index contributed by atoms with van der Waals surface area (Å²) in [5.41, 5.74) is 4.20. The van der Waals surface area contributed by atoms with Crippen LogP contribution in [0.25, 0.3) is 11.1 Å². The topological polar surface area (TPSA) is 105 Å². The van der Waals surface area contributed by atoms with Gasteiger partial charge in [0, 0.05) is 12.5 Å². The smallest absolute Gasteiger partial charge is 0.407 e. The number of fused-ring (bicyclic) bond motifs is 3. The number of carboxylic acids is 1. The number of nitrogens with one attached hydrogen (secondary N) is 2. The van der Waals surface area contributed by atoms with Gasteiger partial charge in [-0.05, 0) is 46.9 Å². The molecular formula is C28H34N2O5. The van der Waals surface area contributed by atoms with Crippen LogP contribution in [-0.2, 0) is 14.3 Å². The number of rotatable bonds is 11. The molecule has 2 aromatic carbocycles. The highest BCUT2D eigenvalue weighted by Gasteiger charge is 2.39. The van der Waals surface area contributed by atoms with E-state index in [1.165, 1.54) is 0 Å². The van der Waals surface area contributed by atoms with Crippen LogP contribution in [0.1, 0.15) is 68.9 Å². The third-order valence-electron chi connectivity index (χ3n) is 7.38. The summed E-state index contributed by atoms with van der Waals surface area (Å²) in [6, 6.07) is 15.6. The van der Waals surface area contributed by atoms with Crippen LogP contribution in [0.2, 0.25) is 0 Å². The molecule has 0 saturated heterocycles. The maximum atomic E-state index is 12.9. The number of ether oxygens (including phenoxy) is 1. The summed E-state index contributed by atoms with van der Waals surface area (Å²) in [4.78, 5) is 36.9. The first-order valence-corrected chi connectivity index (χ1v) is 12.5. The molecule has 0 bridgehead atoms. The predicted octanol–water partition coefficient (Wildman–Crippen LogP) is 4.85. The summed E-state index contributed by atoms with van der Waals surface area (Å²) < 4.78 is 5.62. The lowest BCUT2D eigenvalue weighted by atomic mass is 9.66. The van der Waals surface area contributed by atoms with E-state index in [2.05, 4.69) is 34.9 Å². The Bertz CT molecular complexity index is 1030. The van der Waals surface area contributed by atoms with Gasteiger partial charge < -0.3 is 20.5 Å². The lowest BCUT2D eigenvalue weighted by Gasteiger charge is -2.41. The number of hydrogen-bond donors (Lipinski definition) is 3. The van der Waals surface area contributed by atoms with Gasteiger partial charge in [-0.2, -0.15) is 0 Å². The SMILES string of the molecule is CCCCC(NC(=O)OCC1c2ccccc2-c2ccccc21)C(=O)NCC1(CC(=O)O)CCC1. The highest BCUT2D eigenvalue weighted by atomic mass is 16.5. The number of unbranched alkanes of at least 4 members (excludes halogenated alkanes) is 1. The van der Waals surface area contributed by atoms with Crippen molar-refractivity contribution in [1.29, 1.82) is 0 Å². The first-order valence-electron chi connectivity index (χ1n) is 12.5. The molecule has 4 rings (SSSR count). The number of carbonyl (C=O) groups excluding carboxylic acids is 2. The molecule has 7 nitrogen and oxygen atoms in total. The van der Waals surface area contributed by atoms with E-state index in [-0.39, 0.29) is 30.3 Å². The summed E-state index contributed by atoms with van der Waals surface area (Å²) in [6.07, 6.45) is 4.15. The van der Waals surface area contributed by atoms with Crippen molar-refractivity contribution in [2.24, 2.45) is 5.41 Å². The summed E-state index contributed by atoms with van der Waals surface area (Å²) in [5, 5.41) is 14.9. The summed E-state index contributed by atoms with van der Waals surface area (Å²) >= 11 is 0. The molecule has 1 fully saturated rings. The van der Waals surface area contributed by atoms with Gasteiger partial charge in [0.2, 0.25) is 5.91 Å². The van der Waals surface area contributed by atoms with Crippen LogP contribution >= 0.6 is 0 Å². The number of amides is 2. The Kier molecular flexibility index (Phi) is 7.73. The van der Waals surface area contributed by atoms with E-state index in [9.17, 15) is 19.5 Å². The molecular weight excluding hydrogens is 444 g/mol. The Morgan fingerprint density at radius 3 is 2.23 bits per heavy atom. The van der Waals surface area contributed by atoms with Crippen LogP contribution in [0.15, 0.2) is 48.5 Å². The first-order chi connectivity index (χ1) is 16.9. The zero-order chi connectivity index (χ0) is 24.8. The molecule has 0 heterocycles. The molecule has 35 heavy (non-hydrogen) atoms. The van der Waals surface area contributed by atoms with Crippen molar-refractivity contribution in [2.75, 3.05) is 13.2 Å². The van der Waals surface area contributed by atoms with Crippen LogP contribution < -0.4 is 10.6 Å². The van der Waals surface area contributed by atoms with Crippen LogP contribution in [0.5, 0.6) is 0 Å². The Morgan fingerprint density at radius 2 is 1.69 bits per heavy atom. The Labute approximate surface area is 206 Å². The molecule has 2 aliphatic rings. The molecule has 2 aliphatic carbocycles. The second-order valence-electron chi connectivity index (χ2n) is 9.81. The van der Waals surface area contributed by atoms with E-state index in [1.807, 2.05) is 31.2 Å². The summed E-state index contributed by atoms with van der Waals surface area (Å²) in [7, 11) is 0. The zero-order valence-corrected chi connectivity index (χ0v) is 20.2. The van der Waals surface area contributed by atoms with E-state index < -0.39 is 18.1 Å². The fraction of sp³-hybridized carbons (Fsp3) is 0.464. The predicted molar refractivity (Wildman–Crippen MR) is 133 cm³/mol. The maximum Gasteiger partial charge on any atom is 0.407 e. The average molecular weight is 479 g/mol. The standard InChI is InChI=1S/C28H34N2O5/c1-2-3-13-24(26(33)29-18-28(14-8-15-28)16-25(31)32)30-27(34)35-17-23-21-11-6-4-9-19(21)20-10-5-7-12-22(20)23/h4-7,9-12,23-24H,2-3,8,13-18H2,1H3,(H,29,33)(H,30,34)(H,31,32). The number of carbonyl (C=O) groups is 3.